The Morgan fingerprint density at radius 3 is 2.81 bits per heavy atom. The Kier molecular flexibility index (Phi) is 4.80. The second-order valence-corrected chi connectivity index (χ2v) is 5.89. The second-order valence-electron chi connectivity index (χ2n) is 5.89. The van der Waals surface area contributed by atoms with Gasteiger partial charge in [-0.25, -0.2) is 9.78 Å². The lowest BCUT2D eigenvalue weighted by Crippen LogP contribution is -2.52. The van der Waals surface area contributed by atoms with Crippen LogP contribution in [-0.2, 0) is 0 Å². The normalized spacial score (nSPS) is 20.5. The van der Waals surface area contributed by atoms with Gasteiger partial charge >= 0.3 is 5.97 Å². The first-order chi connectivity index (χ1) is 9.88. The van der Waals surface area contributed by atoms with Crippen LogP contribution in [0.5, 0.6) is 0 Å². The van der Waals surface area contributed by atoms with Crippen molar-refractivity contribution in [2.75, 3.05) is 45.6 Å². The van der Waals surface area contributed by atoms with Gasteiger partial charge in [0.05, 0.1) is 0 Å². The van der Waals surface area contributed by atoms with E-state index in [9.17, 15) is 9.90 Å². The predicted octanol–water partition coefficient (Wildman–Crippen LogP) is 1.05. The number of pyridine rings is 1. The third-order valence-corrected chi connectivity index (χ3v) is 4.04. The van der Waals surface area contributed by atoms with Crippen molar-refractivity contribution in [3.63, 3.8) is 0 Å². The number of nitrogens with zero attached hydrogens (tertiary/aromatic N) is 3. The summed E-state index contributed by atoms with van der Waals surface area (Å²) in [5.74, 6) is -0.460. The first kappa shape index (κ1) is 15.7. The number of carboxylic acid groups (broad SMARTS) is 1. The molecule has 2 heterocycles. The summed E-state index contributed by atoms with van der Waals surface area (Å²) in [7, 11) is 4.21. The molecule has 1 atom stereocenters. The molecule has 1 unspecified atom stereocenters. The highest BCUT2D eigenvalue weighted by atomic mass is 16.4. The lowest BCUT2D eigenvalue weighted by atomic mass is 10.1. The molecule has 1 fully saturated rings. The summed E-state index contributed by atoms with van der Waals surface area (Å²) >= 11 is 0. The Labute approximate surface area is 125 Å². The quantitative estimate of drug-likeness (QED) is 0.865. The molecule has 1 aliphatic heterocycles. The summed E-state index contributed by atoms with van der Waals surface area (Å²) in [6, 6.07) is 2.16. The zero-order chi connectivity index (χ0) is 15.6. The molecular weight excluding hydrogens is 268 g/mol. The molecule has 0 spiro atoms. The van der Waals surface area contributed by atoms with E-state index in [0.717, 1.165) is 30.9 Å². The van der Waals surface area contributed by atoms with Crippen molar-refractivity contribution in [3.05, 3.63) is 22.9 Å². The molecule has 116 valence electrons. The molecule has 21 heavy (non-hydrogen) atoms. The van der Waals surface area contributed by atoms with E-state index in [0.29, 0.717) is 18.4 Å². The molecule has 2 rings (SSSR count). The molecular formula is C15H24N4O2. The Morgan fingerprint density at radius 1 is 1.43 bits per heavy atom. The molecule has 0 aliphatic carbocycles. The molecule has 6 heteroatoms. The highest BCUT2D eigenvalue weighted by Gasteiger charge is 2.23. The zero-order valence-corrected chi connectivity index (χ0v) is 13.2. The van der Waals surface area contributed by atoms with Crippen molar-refractivity contribution in [2.24, 2.45) is 0 Å². The molecule has 0 aromatic carbocycles. The third kappa shape index (κ3) is 3.71. The van der Waals surface area contributed by atoms with Gasteiger partial charge in [0.15, 0.2) is 0 Å². The van der Waals surface area contributed by atoms with Crippen LogP contribution in [0.1, 0.15) is 21.6 Å². The van der Waals surface area contributed by atoms with Gasteiger partial charge in [-0.05, 0) is 39.6 Å². The molecule has 1 aliphatic rings. The van der Waals surface area contributed by atoms with Crippen LogP contribution >= 0.6 is 0 Å². The molecule has 6 nitrogen and oxygen atoms in total. The van der Waals surface area contributed by atoms with Crippen LogP contribution in [0.3, 0.4) is 0 Å². The minimum Gasteiger partial charge on any atom is -0.478 e. The van der Waals surface area contributed by atoms with Crippen LogP contribution in [0.4, 0.5) is 5.82 Å². The fourth-order valence-corrected chi connectivity index (χ4v) is 2.77. The summed E-state index contributed by atoms with van der Waals surface area (Å²) in [5.41, 5.74) is 1.84. The van der Waals surface area contributed by atoms with Gasteiger partial charge in [0.2, 0.25) is 0 Å². The highest BCUT2D eigenvalue weighted by Crippen LogP contribution is 2.19. The number of likely N-dealkylation sites (N-methyl/N-ethyl adjacent to an activating group) is 2. The minimum absolute atomic E-state index is 0.271. The van der Waals surface area contributed by atoms with Crippen LogP contribution in [0.2, 0.25) is 0 Å². The average molecular weight is 292 g/mol. The van der Waals surface area contributed by atoms with E-state index in [2.05, 4.69) is 34.2 Å². The van der Waals surface area contributed by atoms with Gasteiger partial charge in [-0.1, -0.05) is 0 Å². The van der Waals surface area contributed by atoms with Crippen molar-refractivity contribution < 1.29 is 9.90 Å². The van der Waals surface area contributed by atoms with Crippen LogP contribution in [0.15, 0.2) is 6.07 Å². The largest absolute Gasteiger partial charge is 0.478 e. The van der Waals surface area contributed by atoms with Crippen molar-refractivity contribution >= 4 is 11.8 Å². The van der Waals surface area contributed by atoms with Crippen LogP contribution in [-0.4, -0.2) is 72.2 Å². The average Bonchev–Trinajstić information content (AvgIpc) is 2.38. The number of carboxylic acids is 1. The number of aryl methyl sites for hydroxylation is 2. The van der Waals surface area contributed by atoms with Crippen LogP contribution in [0, 0.1) is 13.8 Å². The summed E-state index contributed by atoms with van der Waals surface area (Å²) in [6.07, 6.45) is 0. The van der Waals surface area contributed by atoms with Crippen LogP contribution in [0.25, 0.3) is 0 Å². The lowest BCUT2D eigenvalue weighted by molar-refractivity contribution is 0.0696. The molecule has 1 aromatic heterocycles. The Morgan fingerprint density at radius 2 is 2.14 bits per heavy atom. The maximum absolute atomic E-state index is 11.4. The van der Waals surface area contributed by atoms with Crippen molar-refractivity contribution in [3.8, 4) is 0 Å². The number of hydrogen-bond donors (Lipinski definition) is 2. The van der Waals surface area contributed by atoms with E-state index in [1.807, 2.05) is 13.8 Å². The number of carbonyl (C=O) groups is 1. The predicted molar refractivity (Wildman–Crippen MR) is 83.1 cm³/mol. The fraction of sp³-hybridized carbons (Fsp3) is 0.600. The Hall–Kier alpha value is -1.66. The number of aromatic nitrogens is 1. The second kappa shape index (κ2) is 6.41. The van der Waals surface area contributed by atoms with Gasteiger partial charge in [-0.15, -0.1) is 0 Å². The molecule has 0 saturated carbocycles. The molecule has 1 aromatic rings. The number of rotatable bonds is 4. The number of piperazine rings is 1. The van der Waals surface area contributed by atoms with Gasteiger partial charge < -0.3 is 15.3 Å². The van der Waals surface area contributed by atoms with Crippen LogP contribution < -0.4 is 5.32 Å². The molecule has 0 amide bonds. The summed E-state index contributed by atoms with van der Waals surface area (Å²) in [4.78, 5) is 20.4. The minimum atomic E-state index is -0.934. The van der Waals surface area contributed by atoms with Gasteiger partial charge in [0.1, 0.15) is 11.4 Å². The van der Waals surface area contributed by atoms with E-state index < -0.39 is 5.97 Å². The highest BCUT2D eigenvalue weighted by molar-refractivity contribution is 5.94. The number of aromatic carboxylic acids is 1. The van der Waals surface area contributed by atoms with Gasteiger partial charge in [-0.3, -0.25) is 4.90 Å². The lowest BCUT2D eigenvalue weighted by Gasteiger charge is -2.37. The monoisotopic (exact) mass is 292 g/mol. The summed E-state index contributed by atoms with van der Waals surface area (Å²) in [6.45, 7) is 7.44. The van der Waals surface area contributed by atoms with Gasteiger partial charge in [0.25, 0.3) is 0 Å². The van der Waals surface area contributed by atoms with E-state index in [4.69, 9.17) is 0 Å². The smallest absolute Gasteiger partial charge is 0.339 e. The SMILES string of the molecule is Cc1cc(C)c(C(=O)O)c(NCC2CN(C)CCN2C)n1. The van der Waals surface area contributed by atoms with E-state index in [1.54, 1.807) is 6.07 Å². The molecule has 1 saturated heterocycles. The zero-order valence-electron chi connectivity index (χ0n) is 13.2. The maximum Gasteiger partial charge on any atom is 0.339 e. The number of hydrogen-bond acceptors (Lipinski definition) is 5. The topological polar surface area (TPSA) is 68.7 Å². The Bertz CT molecular complexity index is 533. The maximum atomic E-state index is 11.4. The van der Waals surface area contributed by atoms with Crippen molar-refractivity contribution in [2.45, 2.75) is 19.9 Å². The summed E-state index contributed by atoms with van der Waals surface area (Å²) < 4.78 is 0. The fourth-order valence-electron chi connectivity index (χ4n) is 2.77. The first-order valence-corrected chi connectivity index (χ1v) is 7.22. The first-order valence-electron chi connectivity index (χ1n) is 7.22. The standard InChI is InChI=1S/C15H24N4O2/c1-10-7-11(2)17-14(13(10)15(20)21)16-8-12-9-18(3)5-6-19(12)4/h7,12H,5-6,8-9H2,1-4H3,(H,16,17)(H,20,21). The molecule has 0 radical (unpaired) electrons. The van der Waals surface area contributed by atoms with E-state index in [-0.39, 0.29) is 5.56 Å². The van der Waals surface area contributed by atoms with E-state index in [1.165, 1.54) is 0 Å². The van der Waals surface area contributed by atoms with E-state index >= 15 is 0 Å². The van der Waals surface area contributed by atoms with Crippen molar-refractivity contribution in [1.29, 1.82) is 0 Å². The summed E-state index contributed by atoms with van der Waals surface area (Å²) in [5, 5.41) is 12.6. The third-order valence-electron chi connectivity index (χ3n) is 4.04. The number of anilines is 1. The Balaban J connectivity index is 2.14. The molecule has 2 N–H and O–H groups in total. The van der Waals surface area contributed by atoms with Crippen molar-refractivity contribution in [1.82, 2.24) is 14.8 Å². The van der Waals surface area contributed by atoms with Gasteiger partial charge in [-0.2, -0.15) is 0 Å². The number of nitrogens with one attached hydrogen (secondary N) is 1. The van der Waals surface area contributed by atoms with Gasteiger partial charge in [0, 0.05) is 37.9 Å². The molecule has 0 bridgehead atoms.